The molecule has 0 saturated heterocycles. The molecule has 0 aliphatic carbocycles. The second-order valence-electron chi connectivity index (χ2n) is 5.92. The number of carbonyl (C=O) groups excluding carboxylic acids is 1. The molecule has 1 aromatic carbocycles. The molecule has 0 bridgehead atoms. The third-order valence-electron chi connectivity index (χ3n) is 3.76. The number of anilines is 2. The van der Waals surface area contributed by atoms with Gasteiger partial charge in [0.25, 0.3) is 0 Å². The fraction of sp³-hybridized carbons (Fsp3) is 0.263. The van der Waals surface area contributed by atoms with Crippen LogP contribution in [0.5, 0.6) is 5.75 Å². The van der Waals surface area contributed by atoms with E-state index in [1.165, 1.54) is 0 Å². The number of phosphoric acid groups is 1. The zero-order valence-electron chi connectivity index (χ0n) is 16.7. The summed E-state index contributed by atoms with van der Waals surface area (Å²) in [6, 6.07) is 7.74. The molecule has 11 heteroatoms. The lowest BCUT2D eigenvalue weighted by Gasteiger charge is -2.15. The van der Waals surface area contributed by atoms with Crippen LogP contribution in [0, 0.1) is 6.92 Å². The van der Waals surface area contributed by atoms with Gasteiger partial charge in [-0.2, -0.15) is 0 Å². The van der Waals surface area contributed by atoms with Gasteiger partial charge in [-0.3, -0.25) is 4.98 Å². The van der Waals surface area contributed by atoms with Crippen molar-refractivity contribution in [3.8, 4) is 5.75 Å². The molecule has 0 amide bonds. The highest BCUT2D eigenvalue weighted by Crippen LogP contribution is 2.36. The van der Waals surface area contributed by atoms with Gasteiger partial charge in [-0.15, -0.1) is 11.3 Å². The minimum absolute atomic E-state index is 0.313. The van der Waals surface area contributed by atoms with Gasteiger partial charge in [-0.1, -0.05) is 12.1 Å². The number of esters is 1. The van der Waals surface area contributed by atoms with E-state index in [2.05, 4.69) is 10.3 Å². The molecule has 162 valence electrons. The number of nitrogens with zero attached hydrogens (tertiary/aromatic N) is 1. The number of carbonyl (C=O) groups is 1. The summed E-state index contributed by atoms with van der Waals surface area (Å²) < 4.78 is 19.8. The van der Waals surface area contributed by atoms with E-state index in [9.17, 15) is 4.79 Å². The first kappa shape index (κ1) is 23.8. The van der Waals surface area contributed by atoms with Gasteiger partial charge in [0.1, 0.15) is 16.8 Å². The van der Waals surface area contributed by atoms with Crippen molar-refractivity contribution in [2.24, 2.45) is 0 Å². The van der Waals surface area contributed by atoms with E-state index in [1.54, 1.807) is 24.5 Å². The number of hydrogen-bond donors (Lipinski definition) is 4. The number of ether oxygens (including phenoxy) is 2. The summed E-state index contributed by atoms with van der Waals surface area (Å²) in [6.07, 6.45) is 1.55. The Morgan fingerprint density at radius 3 is 2.47 bits per heavy atom. The molecule has 0 atom stereocenters. The topological polar surface area (TPSA) is 138 Å². The van der Waals surface area contributed by atoms with Crippen LogP contribution in [0.25, 0.3) is 10.9 Å². The Balaban J connectivity index is 0.000000575. The number of aryl methyl sites for hydroxylation is 1. The van der Waals surface area contributed by atoms with E-state index in [4.69, 9.17) is 28.7 Å². The Kier molecular flexibility index (Phi) is 8.33. The highest BCUT2D eigenvalue weighted by molar-refractivity contribution is 7.45. The third-order valence-corrected chi connectivity index (χ3v) is 4.69. The third kappa shape index (κ3) is 6.51. The number of para-hydroxylation sites is 1. The summed E-state index contributed by atoms with van der Waals surface area (Å²) in [6.45, 7) is 6.61. The molecule has 0 unspecified atom stereocenters. The van der Waals surface area contributed by atoms with Crippen LogP contribution in [0.1, 0.15) is 29.8 Å². The second kappa shape index (κ2) is 10.5. The predicted octanol–water partition coefficient (Wildman–Crippen LogP) is 4.00. The summed E-state index contributed by atoms with van der Waals surface area (Å²) in [5.74, 6) is 0.303. The van der Waals surface area contributed by atoms with Crippen molar-refractivity contribution in [1.29, 1.82) is 0 Å². The van der Waals surface area contributed by atoms with Gasteiger partial charge in [-0.25, -0.2) is 9.36 Å². The first-order valence-corrected chi connectivity index (χ1v) is 11.4. The lowest BCUT2D eigenvalue weighted by Crippen LogP contribution is -2.09. The maximum atomic E-state index is 12.4. The van der Waals surface area contributed by atoms with Crippen LogP contribution in [-0.2, 0) is 9.30 Å². The van der Waals surface area contributed by atoms with Crippen molar-refractivity contribution in [2.75, 3.05) is 18.5 Å². The first-order chi connectivity index (χ1) is 14.2. The molecule has 4 N–H and O–H groups in total. The van der Waals surface area contributed by atoms with Crippen LogP contribution in [-0.4, -0.2) is 38.8 Å². The average Bonchev–Trinajstić information content (AvgIpc) is 3.06. The zero-order valence-corrected chi connectivity index (χ0v) is 18.4. The number of aromatic nitrogens is 1. The van der Waals surface area contributed by atoms with Crippen molar-refractivity contribution in [3.05, 3.63) is 47.0 Å². The number of nitrogens with one attached hydrogen (secondary N) is 1. The maximum absolute atomic E-state index is 12.4. The number of benzene rings is 1. The summed E-state index contributed by atoms with van der Waals surface area (Å²) in [7, 11) is -4.64. The first-order valence-electron chi connectivity index (χ1n) is 8.96. The van der Waals surface area contributed by atoms with Gasteiger partial charge in [0.15, 0.2) is 0 Å². The van der Waals surface area contributed by atoms with Crippen LogP contribution in [0.4, 0.5) is 10.7 Å². The molecule has 3 rings (SSSR count). The molecular formula is C19H23N2O7PS. The van der Waals surface area contributed by atoms with Gasteiger partial charge in [0, 0.05) is 11.6 Å². The van der Waals surface area contributed by atoms with Gasteiger partial charge in [0.05, 0.1) is 23.9 Å². The van der Waals surface area contributed by atoms with Gasteiger partial charge in [-0.05, 0) is 43.8 Å². The van der Waals surface area contributed by atoms with E-state index in [0.29, 0.717) is 35.7 Å². The van der Waals surface area contributed by atoms with Gasteiger partial charge >= 0.3 is 13.8 Å². The van der Waals surface area contributed by atoms with Gasteiger partial charge < -0.3 is 29.5 Å². The average molecular weight is 454 g/mol. The zero-order chi connectivity index (χ0) is 22.3. The Hall–Kier alpha value is -2.49. The lowest BCUT2D eigenvalue weighted by molar-refractivity contribution is 0.0527. The molecule has 9 nitrogen and oxygen atoms in total. The van der Waals surface area contributed by atoms with Crippen molar-refractivity contribution in [3.63, 3.8) is 0 Å². The van der Waals surface area contributed by atoms with Crippen LogP contribution in [0.15, 0.2) is 35.8 Å². The van der Waals surface area contributed by atoms with E-state index in [0.717, 1.165) is 16.0 Å². The van der Waals surface area contributed by atoms with E-state index in [-0.39, 0.29) is 0 Å². The van der Waals surface area contributed by atoms with Crippen molar-refractivity contribution in [1.82, 2.24) is 4.98 Å². The van der Waals surface area contributed by atoms with Crippen LogP contribution >= 0.6 is 19.2 Å². The SMILES string of the molecule is CCOC(=O)c1cnc2c(OCC)cccc2c1Nc1sccc1C.O=P(O)(O)O. The smallest absolute Gasteiger partial charge is 0.466 e. The fourth-order valence-corrected chi connectivity index (χ4v) is 3.40. The molecule has 2 aromatic heterocycles. The molecule has 0 fully saturated rings. The van der Waals surface area contributed by atoms with Crippen molar-refractivity contribution < 1.29 is 33.5 Å². The predicted molar refractivity (Wildman–Crippen MR) is 115 cm³/mol. The molecule has 0 spiro atoms. The Morgan fingerprint density at radius 2 is 1.90 bits per heavy atom. The molecule has 2 heterocycles. The highest BCUT2D eigenvalue weighted by atomic mass is 32.1. The standard InChI is InChI=1S/C19H20N2O3S.H3O4P/c1-4-23-15-8-6-7-13-16(21-18-12(3)9-10-25-18)14(11-20-17(13)15)19(22)24-5-2;1-5(2,3)4/h6-11H,4-5H2,1-3H3,(H,20,21);(H3,1,2,3,4). The molecule has 0 aliphatic rings. The quantitative estimate of drug-likeness (QED) is 0.322. The molecule has 0 aliphatic heterocycles. The Bertz CT molecular complexity index is 1060. The van der Waals surface area contributed by atoms with Crippen LogP contribution in [0.3, 0.4) is 0 Å². The fourth-order valence-electron chi connectivity index (χ4n) is 2.58. The Morgan fingerprint density at radius 1 is 1.20 bits per heavy atom. The number of hydrogen-bond acceptors (Lipinski definition) is 7. The number of pyridine rings is 1. The Labute approximate surface area is 177 Å². The van der Waals surface area contributed by atoms with E-state index in [1.807, 2.05) is 43.5 Å². The summed E-state index contributed by atoms with van der Waals surface area (Å²) >= 11 is 1.59. The molecule has 0 saturated carbocycles. The van der Waals surface area contributed by atoms with E-state index < -0.39 is 13.8 Å². The monoisotopic (exact) mass is 454 g/mol. The van der Waals surface area contributed by atoms with Crippen LogP contribution < -0.4 is 10.1 Å². The van der Waals surface area contributed by atoms with E-state index >= 15 is 0 Å². The number of thiophene rings is 1. The minimum atomic E-state index is -4.64. The highest BCUT2D eigenvalue weighted by Gasteiger charge is 2.19. The largest absolute Gasteiger partial charge is 0.492 e. The number of fused-ring (bicyclic) bond motifs is 1. The molecule has 30 heavy (non-hydrogen) atoms. The number of rotatable bonds is 6. The lowest BCUT2D eigenvalue weighted by atomic mass is 10.1. The molecule has 0 radical (unpaired) electrons. The normalized spacial score (nSPS) is 10.9. The van der Waals surface area contributed by atoms with Crippen molar-refractivity contribution in [2.45, 2.75) is 20.8 Å². The molecule has 3 aromatic rings. The maximum Gasteiger partial charge on any atom is 0.466 e. The second-order valence-corrected chi connectivity index (χ2v) is 7.87. The molecular weight excluding hydrogens is 431 g/mol. The summed E-state index contributed by atoms with van der Waals surface area (Å²) in [4.78, 5) is 38.4. The van der Waals surface area contributed by atoms with Crippen LogP contribution in [0.2, 0.25) is 0 Å². The summed E-state index contributed by atoms with van der Waals surface area (Å²) in [5.41, 5.74) is 2.94. The minimum Gasteiger partial charge on any atom is -0.492 e. The summed E-state index contributed by atoms with van der Waals surface area (Å²) in [5, 5.41) is 7.21. The van der Waals surface area contributed by atoms with Crippen molar-refractivity contribution >= 4 is 46.7 Å². The van der Waals surface area contributed by atoms with Gasteiger partial charge in [0.2, 0.25) is 0 Å².